The number of carbonyl (C=O) groups is 1. The molecule has 1 rings (SSSR count). The van der Waals surface area contributed by atoms with Crippen molar-refractivity contribution < 1.29 is 9.90 Å². The quantitative estimate of drug-likeness (QED) is 0.575. The smallest absolute Gasteiger partial charge is 0.250 e. The number of nitrogens with two attached hydrogens (primary N) is 1. The van der Waals surface area contributed by atoms with Crippen LogP contribution in [0.1, 0.15) is 19.8 Å². The van der Waals surface area contributed by atoms with Gasteiger partial charge in [0.15, 0.2) is 5.60 Å². The standard InChI is InChI=1S/C10H16N2O2/c1-2-3-6-12-7-4-5-10(14,8-12)9(11)13/h14H,4-8H2,1H3,(H2,11,13). The SMILES string of the molecule is CC#CCN1CCCC(O)(C(N)=O)C1. The van der Waals surface area contributed by atoms with Crippen molar-refractivity contribution in [3.63, 3.8) is 0 Å². The number of carbonyl (C=O) groups excluding carboxylic acids is 1. The lowest BCUT2D eigenvalue weighted by Crippen LogP contribution is -2.55. The summed E-state index contributed by atoms with van der Waals surface area (Å²) in [6.07, 6.45) is 1.24. The average molecular weight is 196 g/mol. The Morgan fingerprint density at radius 1 is 1.71 bits per heavy atom. The topological polar surface area (TPSA) is 66.6 Å². The number of primary amides is 1. The van der Waals surface area contributed by atoms with E-state index in [-0.39, 0.29) is 0 Å². The van der Waals surface area contributed by atoms with Crippen LogP contribution >= 0.6 is 0 Å². The molecule has 0 saturated carbocycles. The summed E-state index contributed by atoms with van der Waals surface area (Å²) >= 11 is 0. The van der Waals surface area contributed by atoms with Gasteiger partial charge in [-0.25, -0.2) is 0 Å². The van der Waals surface area contributed by atoms with Crippen molar-refractivity contribution >= 4 is 5.91 Å². The number of hydrogen-bond donors (Lipinski definition) is 2. The zero-order valence-corrected chi connectivity index (χ0v) is 8.42. The minimum absolute atomic E-state index is 0.303. The van der Waals surface area contributed by atoms with E-state index in [0.29, 0.717) is 19.5 Å². The summed E-state index contributed by atoms with van der Waals surface area (Å²) in [4.78, 5) is 13.0. The summed E-state index contributed by atoms with van der Waals surface area (Å²) in [6, 6.07) is 0. The third-order valence-corrected chi connectivity index (χ3v) is 2.49. The van der Waals surface area contributed by atoms with E-state index in [2.05, 4.69) is 11.8 Å². The summed E-state index contributed by atoms with van der Waals surface area (Å²) in [7, 11) is 0. The maximum Gasteiger partial charge on any atom is 0.250 e. The lowest BCUT2D eigenvalue weighted by Gasteiger charge is -2.35. The van der Waals surface area contributed by atoms with Crippen LogP contribution in [0.15, 0.2) is 0 Å². The fourth-order valence-corrected chi connectivity index (χ4v) is 1.65. The minimum atomic E-state index is -1.35. The van der Waals surface area contributed by atoms with Gasteiger partial charge in [-0.2, -0.15) is 0 Å². The molecule has 0 aliphatic carbocycles. The largest absolute Gasteiger partial charge is 0.379 e. The number of piperidine rings is 1. The molecule has 1 unspecified atom stereocenters. The molecular formula is C10H16N2O2. The van der Waals surface area contributed by atoms with Crippen LogP contribution in [0.25, 0.3) is 0 Å². The second kappa shape index (κ2) is 4.45. The Morgan fingerprint density at radius 2 is 2.43 bits per heavy atom. The van der Waals surface area contributed by atoms with Crippen LogP contribution < -0.4 is 5.73 Å². The number of amides is 1. The average Bonchev–Trinajstić information content (AvgIpc) is 2.15. The highest BCUT2D eigenvalue weighted by Gasteiger charge is 2.38. The highest BCUT2D eigenvalue weighted by atomic mass is 16.3. The van der Waals surface area contributed by atoms with E-state index in [9.17, 15) is 9.90 Å². The first-order valence-electron chi connectivity index (χ1n) is 4.73. The van der Waals surface area contributed by atoms with Crippen LogP contribution in [0.4, 0.5) is 0 Å². The normalized spacial score (nSPS) is 27.9. The molecule has 1 fully saturated rings. The summed E-state index contributed by atoms with van der Waals surface area (Å²) in [5.41, 5.74) is 3.79. The Hall–Kier alpha value is -1.05. The Kier molecular flexibility index (Phi) is 3.50. The first-order chi connectivity index (χ1) is 6.58. The predicted octanol–water partition coefficient (Wildman–Crippen LogP) is -0.678. The number of hydrogen-bond acceptors (Lipinski definition) is 3. The molecule has 0 spiro atoms. The van der Waals surface area contributed by atoms with Crippen LogP contribution in [0.3, 0.4) is 0 Å². The molecule has 1 amide bonds. The number of rotatable bonds is 2. The molecule has 4 nitrogen and oxygen atoms in total. The molecule has 1 heterocycles. The fraction of sp³-hybridized carbons (Fsp3) is 0.700. The zero-order valence-electron chi connectivity index (χ0n) is 8.42. The van der Waals surface area contributed by atoms with Gasteiger partial charge >= 0.3 is 0 Å². The van der Waals surface area contributed by atoms with Crippen LogP contribution in [0.2, 0.25) is 0 Å². The molecule has 1 saturated heterocycles. The summed E-state index contributed by atoms with van der Waals surface area (Å²) in [5.74, 6) is 5.06. The molecule has 1 atom stereocenters. The number of aliphatic hydroxyl groups is 1. The van der Waals surface area contributed by atoms with E-state index in [4.69, 9.17) is 5.73 Å². The lowest BCUT2D eigenvalue weighted by molar-refractivity contribution is -0.141. The second-order valence-electron chi connectivity index (χ2n) is 3.64. The van der Waals surface area contributed by atoms with Crippen molar-refractivity contribution in [1.29, 1.82) is 0 Å². The zero-order chi connectivity index (χ0) is 10.6. The van der Waals surface area contributed by atoms with E-state index < -0.39 is 11.5 Å². The van der Waals surface area contributed by atoms with E-state index in [1.54, 1.807) is 6.92 Å². The molecular weight excluding hydrogens is 180 g/mol. The molecule has 0 aromatic heterocycles. The van der Waals surface area contributed by atoms with Crippen LogP contribution in [0, 0.1) is 11.8 Å². The molecule has 0 bridgehead atoms. The summed E-state index contributed by atoms with van der Waals surface area (Å²) in [5, 5.41) is 9.85. The van der Waals surface area contributed by atoms with Crippen molar-refractivity contribution in [1.82, 2.24) is 4.90 Å². The van der Waals surface area contributed by atoms with Gasteiger partial charge in [-0.1, -0.05) is 5.92 Å². The highest BCUT2D eigenvalue weighted by molar-refractivity contribution is 5.83. The van der Waals surface area contributed by atoms with Gasteiger partial charge < -0.3 is 10.8 Å². The minimum Gasteiger partial charge on any atom is -0.379 e. The third-order valence-electron chi connectivity index (χ3n) is 2.49. The molecule has 14 heavy (non-hydrogen) atoms. The van der Waals surface area contributed by atoms with Gasteiger partial charge in [0.05, 0.1) is 6.54 Å². The van der Waals surface area contributed by atoms with Crippen LogP contribution in [-0.4, -0.2) is 41.1 Å². The fourth-order valence-electron chi connectivity index (χ4n) is 1.65. The van der Waals surface area contributed by atoms with Gasteiger partial charge in [0, 0.05) is 6.54 Å². The molecule has 0 aromatic carbocycles. The number of likely N-dealkylation sites (tertiary alicyclic amines) is 1. The van der Waals surface area contributed by atoms with Crippen molar-refractivity contribution in [2.45, 2.75) is 25.4 Å². The van der Waals surface area contributed by atoms with Crippen molar-refractivity contribution in [3.05, 3.63) is 0 Å². The molecule has 4 heteroatoms. The molecule has 3 N–H and O–H groups in total. The summed E-state index contributed by atoms with van der Waals surface area (Å²) in [6.45, 7) is 3.53. The number of nitrogens with zero attached hydrogens (tertiary/aromatic N) is 1. The van der Waals surface area contributed by atoms with E-state index >= 15 is 0 Å². The van der Waals surface area contributed by atoms with Crippen molar-refractivity contribution in [2.75, 3.05) is 19.6 Å². The maximum atomic E-state index is 11.0. The van der Waals surface area contributed by atoms with Crippen LogP contribution in [0.5, 0.6) is 0 Å². The predicted molar refractivity (Wildman–Crippen MR) is 53.3 cm³/mol. The van der Waals surface area contributed by atoms with Gasteiger partial charge in [-0.15, -0.1) is 5.92 Å². The lowest BCUT2D eigenvalue weighted by atomic mass is 9.92. The van der Waals surface area contributed by atoms with E-state index in [0.717, 1.165) is 13.0 Å². The van der Waals surface area contributed by atoms with Gasteiger partial charge in [0.25, 0.3) is 5.91 Å². The van der Waals surface area contributed by atoms with Gasteiger partial charge in [-0.05, 0) is 26.3 Å². The summed E-state index contributed by atoms with van der Waals surface area (Å²) < 4.78 is 0. The Balaban J connectivity index is 2.58. The van der Waals surface area contributed by atoms with E-state index in [1.807, 2.05) is 4.90 Å². The Morgan fingerprint density at radius 3 is 3.00 bits per heavy atom. The monoisotopic (exact) mass is 196 g/mol. The Labute approximate surface area is 84.1 Å². The molecule has 1 aliphatic heterocycles. The van der Waals surface area contributed by atoms with Gasteiger partial charge in [-0.3, -0.25) is 9.69 Å². The van der Waals surface area contributed by atoms with Crippen molar-refractivity contribution in [2.24, 2.45) is 5.73 Å². The third kappa shape index (κ3) is 2.47. The second-order valence-corrected chi connectivity index (χ2v) is 3.64. The van der Waals surface area contributed by atoms with Gasteiger partial charge in [0.1, 0.15) is 0 Å². The van der Waals surface area contributed by atoms with E-state index in [1.165, 1.54) is 0 Å². The first kappa shape index (κ1) is 11.0. The molecule has 0 radical (unpaired) electrons. The highest BCUT2D eigenvalue weighted by Crippen LogP contribution is 2.20. The maximum absolute atomic E-state index is 11.0. The van der Waals surface area contributed by atoms with Crippen molar-refractivity contribution in [3.8, 4) is 11.8 Å². The van der Waals surface area contributed by atoms with Crippen LogP contribution in [-0.2, 0) is 4.79 Å². The molecule has 78 valence electrons. The first-order valence-corrected chi connectivity index (χ1v) is 4.73. The molecule has 1 aliphatic rings. The Bertz CT molecular complexity index is 280. The number of β-amino-alcohol motifs (C(OH)–C–C–N with tert-alkyl or cyclic N) is 1. The molecule has 0 aromatic rings. The van der Waals surface area contributed by atoms with Gasteiger partial charge in [0.2, 0.25) is 0 Å².